The number of amides is 1. The molecule has 8 heteroatoms. The van der Waals surface area contributed by atoms with Crippen molar-refractivity contribution in [2.45, 2.75) is 30.3 Å². The summed E-state index contributed by atoms with van der Waals surface area (Å²) in [6, 6.07) is 8.55. The SMILES string of the molecule is C[C@@H]1N=C(C2=CC(C)(Cl)C(=O)N=C2)N[C@@]1(c1ccc(F)cc1)c1ccc(F)nc1. The summed E-state index contributed by atoms with van der Waals surface area (Å²) in [6.45, 7) is 3.45. The molecule has 0 aliphatic carbocycles. The molecule has 1 N–H and O–H groups in total. The third kappa shape index (κ3) is 3.25. The molecule has 0 fully saturated rings. The van der Waals surface area contributed by atoms with Crippen molar-refractivity contribution in [2.75, 3.05) is 0 Å². The van der Waals surface area contributed by atoms with Crippen LogP contribution in [0.2, 0.25) is 0 Å². The molecule has 1 unspecified atom stereocenters. The van der Waals surface area contributed by atoms with Crippen LogP contribution in [0.25, 0.3) is 0 Å². The minimum atomic E-state index is -1.27. The number of aliphatic imine (C=N–C) groups is 2. The Morgan fingerprint density at radius 3 is 2.41 bits per heavy atom. The van der Waals surface area contributed by atoms with E-state index in [1.165, 1.54) is 30.6 Å². The number of pyridine rings is 1. The van der Waals surface area contributed by atoms with E-state index in [0.717, 1.165) is 5.56 Å². The van der Waals surface area contributed by atoms with Gasteiger partial charge in [0.25, 0.3) is 5.91 Å². The lowest BCUT2D eigenvalue weighted by Gasteiger charge is -2.35. The van der Waals surface area contributed by atoms with E-state index in [-0.39, 0.29) is 11.9 Å². The third-order valence-corrected chi connectivity index (χ3v) is 5.46. The molecule has 1 aromatic heterocycles. The second-order valence-corrected chi connectivity index (χ2v) is 7.99. The largest absolute Gasteiger partial charge is 0.354 e. The Morgan fingerprint density at radius 1 is 1.10 bits per heavy atom. The highest BCUT2D eigenvalue weighted by atomic mass is 35.5. The van der Waals surface area contributed by atoms with Gasteiger partial charge >= 0.3 is 0 Å². The molecule has 0 spiro atoms. The predicted octanol–water partition coefficient (Wildman–Crippen LogP) is 3.53. The molecule has 3 atom stereocenters. The average molecular weight is 415 g/mol. The fourth-order valence-corrected chi connectivity index (χ4v) is 3.82. The highest BCUT2D eigenvalue weighted by Gasteiger charge is 2.46. The molecule has 2 aliphatic rings. The predicted molar refractivity (Wildman–Crippen MR) is 107 cm³/mol. The van der Waals surface area contributed by atoms with E-state index in [9.17, 15) is 13.6 Å². The number of hydrogen-bond acceptors (Lipinski definition) is 4. The number of benzene rings is 1. The lowest BCUT2D eigenvalue weighted by atomic mass is 9.79. The van der Waals surface area contributed by atoms with Gasteiger partial charge in [-0.3, -0.25) is 9.79 Å². The zero-order chi connectivity index (χ0) is 20.8. The van der Waals surface area contributed by atoms with Crippen molar-refractivity contribution < 1.29 is 13.6 Å². The van der Waals surface area contributed by atoms with Crippen LogP contribution in [0.3, 0.4) is 0 Å². The fourth-order valence-electron chi connectivity index (χ4n) is 3.65. The Morgan fingerprint density at radius 2 is 1.79 bits per heavy atom. The van der Waals surface area contributed by atoms with E-state index < -0.39 is 22.3 Å². The van der Waals surface area contributed by atoms with Gasteiger partial charge in [0, 0.05) is 23.5 Å². The van der Waals surface area contributed by atoms with Gasteiger partial charge in [-0.05, 0) is 43.7 Å². The summed E-state index contributed by atoms with van der Waals surface area (Å²) < 4.78 is 27.0. The number of alkyl halides is 1. The highest BCUT2D eigenvalue weighted by molar-refractivity contribution is 6.39. The molecule has 5 nitrogen and oxygen atoms in total. The number of amidine groups is 1. The number of hydrogen-bond donors (Lipinski definition) is 1. The number of carbonyl (C=O) groups is 1. The van der Waals surface area contributed by atoms with Crippen molar-refractivity contribution in [1.82, 2.24) is 10.3 Å². The van der Waals surface area contributed by atoms with Gasteiger partial charge in [0.15, 0.2) is 0 Å². The average Bonchev–Trinajstić information content (AvgIpc) is 3.03. The van der Waals surface area contributed by atoms with E-state index in [2.05, 4.69) is 15.3 Å². The molecule has 0 radical (unpaired) electrons. The molecule has 1 amide bonds. The normalized spacial score (nSPS) is 28.7. The molecule has 2 aromatic rings. The van der Waals surface area contributed by atoms with Gasteiger partial charge in [-0.15, -0.1) is 11.6 Å². The molecule has 1 aromatic carbocycles. The molecule has 4 rings (SSSR count). The van der Waals surface area contributed by atoms with Gasteiger partial charge in [0.1, 0.15) is 22.1 Å². The molecule has 148 valence electrons. The smallest absolute Gasteiger partial charge is 0.270 e. The van der Waals surface area contributed by atoms with Gasteiger partial charge in [0.2, 0.25) is 5.95 Å². The minimum absolute atomic E-state index is 0.358. The minimum Gasteiger partial charge on any atom is -0.354 e. The van der Waals surface area contributed by atoms with E-state index in [1.807, 2.05) is 6.92 Å². The Balaban J connectivity index is 1.82. The van der Waals surface area contributed by atoms with Gasteiger partial charge in [-0.2, -0.15) is 4.39 Å². The van der Waals surface area contributed by atoms with Gasteiger partial charge in [0.05, 0.1) is 6.04 Å². The van der Waals surface area contributed by atoms with Crippen LogP contribution in [-0.4, -0.2) is 33.9 Å². The topological polar surface area (TPSA) is 66.7 Å². The number of carbonyl (C=O) groups excluding carboxylic acids is 1. The van der Waals surface area contributed by atoms with Crippen molar-refractivity contribution in [3.8, 4) is 0 Å². The summed E-state index contributed by atoms with van der Waals surface area (Å²) in [4.78, 5) is 22.9. The maximum atomic E-state index is 13.6. The summed E-state index contributed by atoms with van der Waals surface area (Å²) in [7, 11) is 0. The first-order valence-corrected chi connectivity index (χ1v) is 9.35. The van der Waals surface area contributed by atoms with E-state index in [0.29, 0.717) is 17.0 Å². The number of dihydropyridines is 1. The Labute approximate surface area is 171 Å². The number of halogens is 3. The lowest BCUT2D eigenvalue weighted by molar-refractivity contribution is -0.118. The summed E-state index contributed by atoms with van der Waals surface area (Å²) in [5.74, 6) is -0.948. The van der Waals surface area contributed by atoms with Crippen molar-refractivity contribution in [3.63, 3.8) is 0 Å². The van der Waals surface area contributed by atoms with Crippen LogP contribution in [-0.2, 0) is 10.3 Å². The Hall–Kier alpha value is -2.93. The molecule has 0 bridgehead atoms. The highest BCUT2D eigenvalue weighted by Crippen LogP contribution is 2.39. The first-order valence-electron chi connectivity index (χ1n) is 8.97. The third-order valence-electron chi connectivity index (χ3n) is 5.19. The first kappa shape index (κ1) is 19.4. The number of rotatable bonds is 3. The molecule has 0 saturated heterocycles. The van der Waals surface area contributed by atoms with Crippen LogP contribution >= 0.6 is 11.6 Å². The number of aromatic nitrogens is 1. The standard InChI is InChI=1S/C21H17ClF2N4O/c1-12-21(14-3-6-16(23)7-4-14,15-5-8-17(24)25-11-15)28-18(27-12)13-9-20(2,22)19(29)26-10-13/h3-12H,1-2H3,(H,27,28)/t12-,20?,21-/m0/s1. The number of nitrogens with one attached hydrogen (secondary N) is 1. The zero-order valence-corrected chi connectivity index (χ0v) is 16.4. The quantitative estimate of drug-likeness (QED) is 0.617. The molecular weight excluding hydrogens is 398 g/mol. The maximum absolute atomic E-state index is 13.6. The molecule has 29 heavy (non-hydrogen) atoms. The first-order chi connectivity index (χ1) is 13.7. The van der Waals surface area contributed by atoms with Gasteiger partial charge in [-0.25, -0.2) is 14.4 Å². The van der Waals surface area contributed by atoms with Crippen LogP contribution in [0.4, 0.5) is 8.78 Å². The van der Waals surface area contributed by atoms with Crippen molar-refractivity contribution in [1.29, 1.82) is 0 Å². The van der Waals surface area contributed by atoms with Crippen LogP contribution in [0.15, 0.2) is 64.2 Å². The van der Waals surface area contributed by atoms with Crippen LogP contribution < -0.4 is 5.32 Å². The lowest BCUT2D eigenvalue weighted by Crippen LogP contribution is -2.48. The van der Waals surface area contributed by atoms with Crippen molar-refractivity contribution >= 4 is 29.6 Å². The second kappa shape index (κ2) is 6.84. The maximum Gasteiger partial charge on any atom is 0.270 e. The van der Waals surface area contributed by atoms with Gasteiger partial charge in [-0.1, -0.05) is 18.2 Å². The van der Waals surface area contributed by atoms with Gasteiger partial charge < -0.3 is 5.32 Å². The summed E-state index contributed by atoms with van der Waals surface area (Å²) in [5.41, 5.74) is 1.04. The molecule has 0 saturated carbocycles. The van der Waals surface area contributed by atoms with Crippen LogP contribution in [0.5, 0.6) is 0 Å². The van der Waals surface area contributed by atoms with Crippen molar-refractivity contribution in [3.05, 3.63) is 77.1 Å². The molecular formula is C21H17ClF2N4O. The van der Waals surface area contributed by atoms with Crippen LogP contribution in [0.1, 0.15) is 25.0 Å². The number of nitrogens with zero attached hydrogens (tertiary/aromatic N) is 3. The zero-order valence-electron chi connectivity index (χ0n) is 15.7. The fraction of sp³-hybridized carbons (Fsp3) is 0.238. The second-order valence-electron chi connectivity index (χ2n) is 7.20. The molecule has 2 aliphatic heterocycles. The summed E-state index contributed by atoms with van der Waals surface area (Å²) >= 11 is 6.26. The summed E-state index contributed by atoms with van der Waals surface area (Å²) in [6.07, 6.45) is 4.43. The van der Waals surface area contributed by atoms with E-state index in [1.54, 1.807) is 31.2 Å². The summed E-state index contributed by atoms with van der Waals surface area (Å²) in [5, 5.41) is 3.38. The van der Waals surface area contributed by atoms with Crippen molar-refractivity contribution in [2.24, 2.45) is 9.98 Å². The Bertz CT molecular complexity index is 1010. The van der Waals surface area contributed by atoms with E-state index >= 15 is 0 Å². The molecule has 3 heterocycles. The Kier molecular flexibility index (Phi) is 4.58. The van der Waals surface area contributed by atoms with Crippen LogP contribution in [0, 0.1) is 11.8 Å². The van der Waals surface area contributed by atoms with E-state index in [4.69, 9.17) is 16.6 Å². The monoisotopic (exact) mass is 414 g/mol.